The van der Waals surface area contributed by atoms with E-state index < -0.39 is 11.7 Å². The Morgan fingerprint density at radius 1 is 1.03 bits per heavy atom. The molecular formula is C29H28FN3O3. The highest BCUT2D eigenvalue weighted by atomic mass is 19.1. The Hall–Kier alpha value is -4.13. The number of rotatable bonds is 4. The first-order valence-corrected chi connectivity index (χ1v) is 12.1. The summed E-state index contributed by atoms with van der Waals surface area (Å²) >= 11 is 0. The predicted octanol–water partition coefficient (Wildman–Crippen LogP) is 4.64. The van der Waals surface area contributed by atoms with Crippen molar-refractivity contribution in [1.82, 2.24) is 4.90 Å². The van der Waals surface area contributed by atoms with E-state index in [9.17, 15) is 14.0 Å². The maximum absolute atomic E-state index is 14.2. The average molecular weight is 486 g/mol. The molecule has 1 saturated heterocycles. The number of benzene rings is 3. The number of para-hydroxylation sites is 2. The van der Waals surface area contributed by atoms with Crippen LogP contribution in [-0.2, 0) is 9.59 Å². The van der Waals surface area contributed by atoms with Gasteiger partial charge in [0.05, 0.1) is 5.69 Å². The number of fused-ring (bicyclic) bond motifs is 1. The molecule has 2 aliphatic rings. The first-order valence-electron chi connectivity index (χ1n) is 12.1. The van der Waals surface area contributed by atoms with Crippen LogP contribution in [0.2, 0.25) is 0 Å². The van der Waals surface area contributed by atoms with Crippen LogP contribution in [0.5, 0.6) is 5.75 Å². The molecule has 184 valence electrons. The van der Waals surface area contributed by atoms with Gasteiger partial charge >= 0.3 is 0 Å². The van der Waals surface area contributed by atoms with E-state index in [-0.39, 0.29) is 29.8 Å². The number of nitrogens with zero attached hydrogens (tertiary/aromatic N) is 3. The minimum atomic E-state index is -0.475. The number of hydrogen-bond acceptors (Lipinski definition) is 4. The summed E-state index contributed by atoms with van der Waals surface area (Å²) in [5.74, 6) is -0.644. The molecule has 0 saturated carbocycles. The summed E-state index contributed by atoms with van der Waals surface area (Å²) in [4.78, 5) is 32.3. The molecular weight excluding hydrogens is 457 g/mol. The molecule has 5 rings (SSSR count). The summed E-state index contributed by atoms with van der Waals surface area (Å²) in [5.41, 5.74) is 3.11. The highest BCUT2D eigenvalue weighted by Crippen LogP contribution is 2.36. The van der Waals surface area contributed by atoms with Gasteiger partial charge in [-0.3, -0.25) is 14.5 Å². The van der Waals surface area contributed by atoms with Crippen molar-refractivity contribution in [2.24, 2.45) is 0 Å². The molecule has 1 atom stereocenters. The molecule has 2 heterocycles. The Labute approximate surface area is 210 Å². The van der Waals surface area contributed by atoms with Gasteiger partial charge in [-0.2, -0.15) is 0 Å². The van der Waals surface area contributed by atoms with Crippen LogP contribution in [-0.4, -0.2) is 48.9 Å². The molecule has 2 amide bonds. The number of carbonyl (C=O) groups is 2. The molecule has 0 spiro atoms. The number of carbonyl (C=O) groups excluding carboxylic acids is 2. The Morgan fingerprint density at radius 2 is 1.75 bits per heavy atom. The van der Waals surface area contributed by atoms with Gasteiger partial charge < -0.3 is 14.5 Å². The van der Waals surface area contributed by atoms with Crippen LogP contribution in [0, 0.1) is 12.7 Å². The van der Waals surface area contributed by atoms with E-state index >= 15 is 0 Å². The van der Waals surface area contributed by atoms with Gasteiger partial charge in [0.15, 0.2) is 11.5 Å². The van der Waals surface area contributed by atoms with Crippen molar-refractivity contribution in [3.8, 4) is 5.75 Å². The molecule has 36 heavy (non-hydrogen) atoms. The summed E-state index contributed by atoms with van der Waals surface area (Å²) in [6.07, 6.45) is 1.38. The Morgan fingerprint density at radius 3 is 2.50 bits per heavy atom. The first kappa shape index (κ1) is 23.6. The van der Waals surface area contributed by atoms with E-state index in [1.165, 1.54) is 22.6 Å². The fourth-order valence-electron chi connectivity index (χ4n) is 4.69. The van der Waals surface area contributed by atoms with Crippen molar-refractivity contribution in [3.05, 3.63) is 95.5 Å². The molecule has 1 fully saturated rings. The molecule has 3 aromatic carbocycles. The fourth-order valence-corrected chi connectivity index (χ4v) is 4.69. The molecule has 7 heteroatoms. The molecule has 0 aromatic heterocycles. The number of ether oxygens (including phenoxy) is 1. The van der Waals surface area contributed by atoms with Crippen LogP contribution in [0.3, 0.4) is 0 Å². The van der Waals surface area contributed by atoms with E-state index in [4.69, 9.17) is 4.74 Å². The minimum Gasteiger partial charge on any atom is -0.449 e. The van der Waals surface area contributed by atoms with Crippen molar-refractivity contribution in [2.45, 2.75) is 19.9 Å². The van der Waals surface area contributed by atoms with E-state index in [0.717, 1.165) is 5.69 Å². The van der Waals surface area contributed by atoms with Crippen LogP contribution in [0.1, 0.15) is 18.1 Å². The average Bonchev–Trinajstić information content (AvgIpc) is 2.88. The Kier molecular flexibility index (Phi) is 6.46. The second-order valence-electron chi connectivity index (χ2n) is 9.21. The van der Waals surface area contributed by atoms with Crippen LogP contribution in [0.25, 0.3) is 6.08 Å². The second kappa shape index (κ2) is 9.85. The zero-order chi connectivity index (χ0) is 25.2. The molecule has 2 aliphatic heterocycles. The standard InChI is InChI=1S/C29H28FN3O3/c1-20-11-13-23(14-12-20)32-16-15-31(18-21(32)2)28(34)19-33-25-9-5-6-10-26(25)36-27(29(33)35)17-22-7-3-4-8-24(22)30/h3-14,17,21H,15-16,18-19H2,1-2H3. The topological polar surface area (TPSA) is 53.1 Å². The van der Waals surface area contributed by atoms with Gasteiger partial charge in [-0.15, -0.1) is 0 Å². The maximum Gasteiger partial charge on any atom is 0.294 e. The van der Waals surface area contributed by atoms with E-state index in [2.05, 4.69) is 43.0 Å². The lowest BCUT2D eigenvalue weighted by molar-refractivity contribution is -0.132. The van der Waals surface area contributed by atoms with Crippen molar-refractivity contribution >= 4 is 29.3 Å². The lowest BCUT2D eigenvalue weighted by Gasteiger charge is -2.42. The number of amides is 2. The van der Waals surface area contributed by atoms with Crippen molar-refractivity contribution < 1.29 is 18.7 Å². The zero-order valence-corrected chi connectivity index (χ0v) is 20.4. The number of anilines is 2. The molecule has 0 aliphatic carbocycles. The van der Waals surface area contributed by atoms with Crippen LogP contribution >= 0.6 is 0 Å². The van der Waals surface area contributed by atoms with E-state index in [1.807, 2.05) is 0 Å². The largest absolute Gasteiger partial charge is 0.449 e. The van der Waals surface area contributed by atoms with Crippen molar-refractivity contribution in [2.75, 3.05) is 36.0 Å². The third kappa shape index (κ3) is 4.69. The summed E-state index contributed by atoms with van der Waals surface area (Å²) < 4.78 is 20.1. The molecule has 0 bridgehead atoms. The second-order valence-corrected chi connectivity index (χ2v) is 9.21. The fraction of sp³-hybridized carbons (Fsp3) is 0.241. The summed E-state index contributed by atoms with van der Waals surface area (Å²) in [5, 5.41) is 0. The lowest BCUT2D eigenvalue weighted by Crippen LogP contribution is -2.56. The molecule has 0 N–H and O–H groups in total. The number of halogens is 1. The third-order valence-corrected chi connectivity index (χ3v) is 6.66. The van der Waals surface area contributed by atoms with Gasteiger partial charge in [0, 0.05) is 36.9 Å². The zero-order valence-electron chi connectivity index (χ0n) is 20.4. The Bertz CT molecular complexity index is 1320. The van der Waals surface area contributed by atoms with Crippen LogP contribution in [0.4, 0.5) is 15.8 Å². The van der Waals surface area contributed by atoms with Gasteiger partial charge in [0.1, 0.15) is 12.4 Å². The van der Waals surface area contributed by atoms with E-state index in [0.29, 0.717) is 31.1 Å². The van der Waals surface area contributed by atoms with Crippen molar-refractivity contribution in [3.63, 3.8) is 0 Å². The molecule has 3 aromatic rings. The first-order chi connectivity index (χ1) is 17.4. The summed E-state index contributed by atoms with van der Waals surface area (Å²) in [7, 11) is 0. The molecule has 6 nitrogen and oxygen atoms in total. The predicted molar refractivity (Wildman–Crippen MR) is 138 cm³/mol. The third-order valence-electron chi connectivity index (χ3n) is 6.66. The summed E-state index contributed by atoms with van der Waals surface area (Å²) in [6, 6.07) is 21.8. The Balaban J connectivity index is 1.34. The van der Waals surface area contributed by atoms with Gasteiger partial charge in [-0.05, 0) is 50.3 Å². The maximum atomic E-state index is 14.2. The summed E-state index contributed by atoms with van der Waals surface area (Å²) in [6.45, 7) is 5.88. The smallest absolute Gasteiger partial charge is 0.294 e. The number of aryl methyl sites for hydroxylation is 1. The lowest BCUT2D eigenvalue weighted by atomic mass is 10.1. The quantitative estimate of drug-likeness (QED) is 0.506. The van der Waals surface area contributed by atoms with Crippen LogP contribution in [0.15, 0.2) is 78.6 Å². The molecule has 0 radical (unpaired) electrons. The van der Waals surface area contributed by atoms with Crippen LogP contribution < -0.4 is 14.5 Å². The highest BCUT2D eigenvalue weighted by Gasteiger charge is 2.34. The van der Waals surface area contributed by atoms with Crippen molar-refractivity contribution in [1.29, 1.82) is 0 Å². The van der Waals surface area contributed by atoms with Gasteiger partial charge in [-0.25, -0.2) is 4.39 Å². The normalized spacial score (nSPS) is 18.8. The van der Waals surface area contributed by atoms with Gasteiger partial charge in [0.2, 0.25) is 5.91 Å². The number of piperazine rings is 1. The number of hydrogen-bond donors (Lipinski definition) is 0. The van der Waals surface area contributed by atoms with E-state index in [1.54, 1.807) is 47.4 Å². The van der Waals surface area contributed by atoms with Gasteiger partial charge in [0.25, 0.3) is 5.91 Å². The monoisotopic (exact) mass is 485 g/mol. The SMILES string of the molecule is Cc1ccc(N2CCN(C(=O)CN3C(=O)C(=Cc4ccccc4F)Oc4ccccc43)CC2C)cc1. The minimum absolute atomic E-state index is 0.0239. The molecule has 1 unspecified atom stereocenters. The van der Waals surface area contributed by atoms with Gasteiger partial charge in [-0.1, -0.05) is 48.0 Å². The highest BCUT2D eigenvalue weighted by molar-refractivity contribution is 6.12.